The number of hydrogen-bond acceptors (Lipinski definition) is 0. The molecule has 70 heavy (non-hydrogen) atoms. The van der Waals surface area contributed by atoms with Crippen LogP contribution in [0.3, 0.4) is 0 Å². The van der Waals surface area contributed by atoms with E-state index in [9.17, 15) is 0 Å². The molecule has 0 aromatic heterocycles. The molecule has 0 aliphatic heterocycles. The molecule has 2 aliphatic carbocycles. The fraction of sp³-hybridized carbons (Fsp3) is 0.343. The van der Waals surface area contributed by atoms with Crippen LogP contribution in [0, 0.1) is 0 Å². The summed E-state index contributed by atoms with van der Waals surface area (Å²) in [4.78, 5) is 0. The average Bonchev–Trinajstić information content (AvgIpc) is 3.66. The Hall–Kier alpha value is -5.98. The largest absolute Gasteiger partial charge is 0.0616 e. The maximum atomic E-state index is 2.61. The van der Waals surface area contributed by atoms with E-state index in [1.807, 2.05) is 0 Å². The Labute approximate surface area is 421 Å². The Morgan fingerprint density at radius 2 is 0.643 bits per heavy atom. The van der Waals surface area contributed by atoms with Gasteiger partial charge in [0.2, 0.25) is 0 Å². The molecule has 2 aliphatic rings. The molecule has 0 fully saturated rings. The topological polar surface area (TPSA) is 0 Å². The molecular formula is C70H76. The molecule has 0 nitrogen and oxygen atoms in total. The third kappa shape index (κ3) is 7.99. The molecule has 8 aromatic rings. The lowest BCUT2D eigenvalue weighted by Gasteiger charge is -2.28. The van der Waals surface area contributed by atoms with E-state index in [0.717, 1.165) is 0 Å². The van der Waals surface area contributed by atoms with E-state index in [1.165, 1.54) is 111 Å². The second kappa shape index (κ2) is 16.3. The van der Waals surface area contributed by atoms with Gasteiger partial charge in [-0.25, -0.2) is 0 Å². The van der Waals surface area contributed by atoms with Crippen molar-refractivity contribution in [2.45, 2.75) is 155 Å². The monoisotopic (exact) mass is 917 g/mol. The highest BCUT2D eigenvalue weighted by Crippen LogP contribution is 2.59. The lowest BCUT2D eigenvalue weighted by atomic mass is 9.76. The first-order valence-corrected chi connectivity index (χ1v) is 26.1. The van der Waals surface area contributed by atoms with Gasteiger partial charge in [0.05, 0.1) is 0 Å². The van der Waals surface area contributed by atoms with Gasteiger partial charge in [-0.15, -0.1) is 0 Å². The smallest absolute Gasteiger partial charge is 0.0346 e. The van der Waals surface area contributed by atoms with Gasteiger partial charge in [-0.1, -0.05) is 256 Å². The highest BCUT2D eigenvalue weighted by molar-refractivity contribution is 6.05. The van der Waals surface area contributed by atoms with Crippen LogP contribution in [0.4, 0.5) is 0 Å². The molecule has 0 saturated heterocycles. The summed E-state index contributed by atoms with van der Waals surface area (Å²) in [5.74, 6) is 0.181. The van der Waals surface area contributed by atoms with E-state index < -0.39 is 0 Å². The van der Waals surface area contributed by atoms with Gasteiger partial charge in [-0.2, -0.15) is 0 Å². The van der Waals surface area contributed by atoms with Crippen molar-refractivity contribution < 1.29 is 0 Å². The van der Waals surface area contributed by atoms with Gasteiger partial charge in [0, 0.05) is 22.7 Å². The Bertz CT molecular complexity index is 3170. The predicted molar refractivity (Wildman–Crippen MR) is 302 cm³/mol. The van der Waals surface area contributed by atoms with E-state index in [4.69, 9.17) is 0 Å². The van der Waals surface area contributed by atoms with E-state index in [0.29, 0.717) is 0 Å². The minimum absolute atomic E-state index is 0.0689. The first kappa shape index (κ1) is 47.7. The van der Waals surface area contributed by atoms with Crippen molar-refractivity contribution in [2.24, 2.45) is 0 Å². The predicted octanol–water partition coefficient (Wildman–Crippen LogP) is 19.0. The van der Waals surface area contributed by atoms with Crippen LogP contribution in [0.15, 0.2) is 158 Å². The van der Waals surface area contributed by atoms with Crippen molar-refractivity contribution in [1.29, 1.82) is 0 Å². The second-order valence-electron chi connectivity index (χ2n) is 26.3. The van der Waals surface area contributed by atoms with Crippen molar-refractivity contribution in [3.05, 3.63) is 236 Å². The molecule has 0 heteroatoms. The van der Waals surface area contributed by atoms with Crippen LogP contribution in [0.25, 0.3) is 33.0 Å². The Morgan fingerprint density at radius 3 is 1.07 bits per heavy atom. The highest BCUT2D eigenvalue weighted by atomic mass is 14.5. The van der Waals surface area contributed by atoms with E-state index in [2.05, 4.69) is 269 Å². The summed E-state index contributed by atoms with van der Waals surface area (Å²) in [6.07, 6.45) is 0. The van der Waals surface area contributed by atoms with Crippen LogP contribution in [-0.2, 0) is 32.5 Å². The Kier molecular flexibility index (Phi) is 11.1. The third-order valence-electron chi connectivity index (χ3n) is 16.6. The van der Waals surface area contributed by atoms with Gasteiger partial charge in [0.15, 0.2) is 0 Å². The molecule has 8 aromatic carbocycles. The van der Waals surface area contributed by atoms with E-state index in [1.54, 1.807) is 0 Å². The zero-order valence-corrected chi connectivity index (χ0v) is 45.2. The van der Waals surface area contributed by atoms with E-state index >= 15 is 0 Å². The lowest BCUT2D eigenvalue weighted by molar-refractivity contribution is 0.589. The molecule has 0 amide bonds. The average molecular weight is 917 g/mol. The first-order valence-electron chi connectivity index (χ1n) is 26.1. The fourth-order valence-corrected chi connectivity index (χ4v) is 12.1. The van der Waals surface area contributed by atoms with Gasteiger partial charge in [-0.3, -0.25) is 0 Å². The van der Waals surface area contributed by atoms with Crippen LogP contribution in [0.1, 0.15) is 201 Å². The third-order valence-corrected chi connectivity index (χ3v) is 16.6. The maximum Gasteiger partial charge on any atom is 0.0346 e. The SMILES string of the molecule is CC(C)(C)c1ccc(C(c2ccc(C(C)(C)C)cc2)c2ccc3c(c2)C(C)(C)c2cc4c(cc2-3)C(C)(C)c2cc(C(c3ccc(C(C)(C)C)cc3)c3ccc(C(C)(C)C)cc3)c3ccccc3c2-4)cc1. The first-order chi connectivity index (χ1) is 32.7. The molecule has 0 atom stereocenters. The number of rotatable bonds is 6. The molecule has 0 bridgehead atoms. The molecular weight excluding hydrogens is 841 g/mol. The van der Waals surface area contributed by atoms with Crippen LogP contribution in [-0.4, -0.2) is 0 Å². The normalized spacial score (nSPS) is 15.1. The zero-order chi connectivity index (χ0) is 50.1. The van der Waals surface area contributed by atoms with Gasteiger partial charge in [0.25, 0.3) is 0 Å². The summed E-state index contributed by atoms with van der Waals surface area (Å²) in [7, 11) is 0. The summed E-state index contributed by atoms with van der Waals surface area (Å²) in [6.45, 7) is 37.5. The fourth-order valence-electron chi connectivity index (χ4n) is 12.1. The van der Waals surface area contributed by atoms with Crippen LogP contribution < -0.4 is 0 Å². The zero-order valence-electron chi connectivity index (χ0n) is 45.2. The maximum absolute atomic E-state index is 2.61. The van der Waals surface area contributed by atoms with Crippen LogP contribution in [0.2, 0.25) is 0 Å². The molecule has 0 radical (unpaired) electrons. The molecule has 0 saturated carbocycles. The van der Waals surface area contributed by atoms with E-state index in [-0.39, 0.29) is 44.3 Å². The molecule has 0 spiro atoms. The molecule has 0 N–H and O–H groups in total. The summed E-state index contributed by atoms with van der Waals surface area (Å²) < 4.78 is 0. The Balaban J connectivity index is 1.11. The van der Waals surface area contributed by atoms with Gasteiger partial charge < -0.3 is 0 Å². The van der Waals surface area contributed by atoms with Gasteiger partial charge in [0.1, 0.15) is 0 Å². The Morgan fingerprint density at radius 1 is 0.300 bits per heavy atom. The van der Waals surface area contributed by atoms with Gasteiger partial charge in [-0.05, 0) is 145 Å². The summed E-state index contributed by atoms with van der Waals surface area (Å²) in [5, 5.41) is 2.68. The van der Waals surface area contributed by atoms with Crippen molar-refractivity contribution in [1.82, 2.24) is 0 Å². The lowest BCUT2D eigenvalue weighted by Crippen LogP contribution is -2.18. The minimum Gasteiger partial charge on any atom is -0.0616 e. The summed E-state index contributed by atoms with van der Waals surface area (Å²) in [6, 6.07) is 62.5. The second-order valence-corrected chi connectivity index (χ2v) is 26.3. The number of benzene rings is 8. The standard InChI is InChI=1S/C70H76/c1-65(2,3)48-30-21-43(22-31-48)62(44-23-32-49(33-24-44)66(4,5)6)47-29-38-53-55-40-60-57(42-59(55)69(13,14)58(53)39-47)64-54-20-18-17-19-52(54)56(41-61(64)70(60,15)16)63(45-25-34-50(35-26-45)67(7,8)9)46-27-36-51(37-28-46)68(10,11)12/h17-42,62-63H,1-16H3. The van der Waals surface area contributed by atoms with Crippen LogP contribution >= 0.6 is 0 Å². The quantitative estimate of drug-likeness (QED) is 0.146. The highest BCUT2D eigenvalue weighted by Gasteiger charge is 2.43. The number of hydrogen-bond donors (Lipinski definition) is 0. The van der Waals surface area contributed by atoms with Crippen molar-refractivity contribution in [3.8, 4) is 22.3 Å². The summed E-state index contributed by atoms with van der Waals surface area (Å²) >= 11 is 0. The van der Waals surface area contributed by atoms with Gasteiger partial charge >= 0.3 is 0 Å². The summed E-state index contributed by atoms with van der Waals surface area (Å²) in [5.41, 5.74) is 24.7. The van der Waals surface area contributed by atoms with Crippen molar-refractivity contribution in [2.75, 3.05) is 0 Å². The molecule has 0 unspecified atom stereocenters. The van der Waals surface area contributed by atoms with Crippen molar-refractivity contribution >= 4 is 10.8 Å². The van der Waals surface area contributed by atoms with Crippen LogP contribution in [0.5, 0.6) is 0 Å². The van der Waals surface area contributed by atoms with Crippen molar-refractivity contribution in [3.63, 3.8) is 0 Å². The molecule has 10 rings (SSSR count). The molecule has 356 valence electrons. The molecule has 0 heterocycles. The number of fused-ring (bicyclic) bond motifs is 8. The minimum atomic E-state index is -0.217.